The summed E-state index contributed by atoms with van der Waals surface area (Å²) in [5.41, 5.74) is 3.49. The Morgan fingerprint density at radius 1 is 1.44 bits per heavy atom. The van der Waals surface area contributed by atoms with Crippen LogP contribution in [0.4, 0.5) is 5.69 Å². The summed E-state index contributed by atoms with van der Waals surface area (Å²) in [7, 11) is 0. The van der Waals surface area contributed by atoms with Crippen molar-refractivity contribution in [3.05, 3.63) is 46.5 Å². The molecule has 0 fully saturated rings. The van der Waals surface area contributed by atoms with Gasteiger partial charge in [0.2, 0.25) is 0 Å². The van der Waals surface area contributed by atoms with Gasteiger partial charge in [0.1, 0.15) is 4.60 Å². The van der Waals surface area contributed by atoms with Crippen molar-refractivity contribution in [2.24, 2.45) is 0 Å². The quantitative estimate of drug-likeness (QED) is 0.847. The summed E-state index contributed by atoms with van der Waals surface area (Å²) in [6.45, 7) is 6.15. The maximum Gasteiger partial charge on any atom is 0.109 e. The average Bonchev–Trinajstić information content (AvgIpc) is 2.79. The number of hydrogen-bond acceptors (Lipinski definition) is 2. The molecule has 96 valence electrons. The molecule has 3 nitrogen and oxygen atoms in total. The van der Waals surface area contributed by atoms with Crippen molar-refractivity contribution in [3.63, 3.8) is 0 Å². The summed E-state index contributed by atoms with van der Waals surface area (Å²) in [6, 6.07) is 4.25. The first-order valence-corrected chi connectivity index (χ1v) is 6.99. The molecule has 2 rings (SSSR count). The summed E-state index contributed by atoms with van der Waals surface area (Å²) in [4.78, 5) is 4.27. The molecule has 4 heteroatoms. The van der Waals surface area contributed by atoms with Crippen LogP contribution in [0.2, 0.25) is 0 Å². The molecule has 0 spiro atoms. The molecule has 1 N–H and O–H groups in total. The van der Waals surface area contributed by atoms with Crippen LogP contribution < -0.4 is 5.32 Å². The van der Waals surface area contributed by atoms with Crippen LogP contribution in [0.3, 0.4) is 0 Å². The lowest BCUT2D eigenvalue weighted by atomic mass is 10.3. The smallest absolute Gasteiger partial charge is 0.109 e. The number of pyridine rings is 1. The van der Waals surface area contributed by atoms with Gasteiger partial charge in [-0.15, -0.1) is 0 Å². The molecule has 0 bridgehead atoms. The van der Waals surface area contributed by atoms with E-state index in [4.69, 9.17) is 0 Å². The van der Waals surface area contributed by atoms with E-state index in [1.807, 2.05) is 13.1 Å². The van der Waals surface area contributed by atoms with Crippen molar-refractivity contribution in [3.8, 4) is 0 Å². The van der Waals surface area contributed by atoms with E-state index in [1.165, 1.54) is 5.56 Å². The first-order valence-electron chi connectivity index (χ1n) is 6.19. The third kappa shape index (κ3) is 3.35. The van der Waals surface area contributed by atoms with E-state index in [2.05, 4.69) is 62.2 Å². The summed E-state index contributed by atoms with van der Waals surface area (Å²) in [5.74, 6) is 0. The molecule has 0 aliphatic rings. The Bertz CT molecular complexity index is 520. The Labute approximate surface area is 116 Å². The van der Waals surface area contributed by atoms with Crippen LogP contribution in [-0.4, -0.2) is 9.55 Å². The number of anilines is 1. The van der Waals surface area contributed by atoms with Crippen molar-refractivity contribution in [1.29, 1.82) is 0 Å². The van der Waals surface area contributed by atoms with Crippen LogP contribution in [0.5, 0.6) is 0 Å². The number of aromatic nitrogens is 2. The van der Waals surface area contributed by atoms with Crippen molar-refractivity contribution in [1.82, 2.24) is 9.55 Å². The molecule has 0 saturated carbocycles. The third-order valence-electron chi connectivity index (χ3n) is 2.80. The highest BCUT2D eigenvalue weighted by Crippen LogP contribution is 2.17. The fourth-order valence-electron chi connectivity index (χ4n) is 1.85. The second kappa shape index (κ2) is 6.05. The van der Waals surface area contributed by atoms with E-state index in [9.17, 15) is 0 Å². The highest BCUT2D eigenvalue weighted by atomic mass is 79.9. The molecule has 2 aromatic rings. The van der Waals surface area contributed by atoms with E-state index in [0.717, 1.165) is 35.4 Å². The van der Waals surface area contributed by atoms with Crippen LogP contribution in [0.1, 0.15) is 24.5 Å². The Balaban J connectivity index is 1.95. The lowest BCUT2D eigenvalue weighted by Gasteiger charge is -2.06. The summed E-state index contributed by atoms with van der Waals surface area (Å²) >= 11 is 3.40. The molecule has 18 heavy (non-hydrogen) atoms. The van der Waals surface area contributed by atoms with Crippen molar-refractivity contribution < 1.29 is 0 Å². The van der Waals surface area contributed by atoms with Gasteiger partial charge in [-0.25, -0.2) is 4.98 Å². The number of rotatable bonds is 5. The van der Waals surface area contributed by atoms with Crippen LogP contribution in [0, 0.1) is 6.92 Å². The number of aryl methyl sites for hydroxylation is 2. The summed E-state index contributed by atoms with van der Waals surface area (Å²) in [6.07, 6.45) is 7.33. The fourth-order valence-corrected chi connectivity index (χ4v) is 2.07. The van der Waals surface area contributed by atoms with Gasteiger partial charge in [0.15, 0.2) is 0 Å². The monoisotopic (exact) mass is 307 g/mol. The maximum atomic E-state index is 4.27. The Morgan fingerprint density at radius 2 is 2.28 bits per heavy atom. The van der Waals surface area contributed by atoms with Crippen LogP contribution in [0.15, 0.2) is 35.3 Å². The molecule has 0 radical (unpaired) electrons. The molecule has 0 atom stereocenters. The first kappa shape index (κ1) is 13.1. The number of nitrogens with zero attached hydrogens (tertiary/aromatic N) is 2. The highest BCUT2D eigenvalue weighted by Gasteiger charge is 2.00. The topological polar surface area (TPSA) is 29.9 Å². The van der Waals surface area contributed by atoms with E-state index in [1.54, 1.807) is 0 Å². The van der Waals surface area contributed by atoms with Gasteiger partial charge in [-0.2, -0.15) is 0 Å². The Hall–Kier alpha value is -1.29. The average molecular weight is 308 g/mol. The first-order chi connectivity index (χ1) is 8.69. The minimum absolute atomic E-state index is 0.833. The maximum absolute atomic E-state index is 4.27. The second-order valence-electron chi connectivity index (χ2n) is 4.44. The largest absolute Gasteiger partial charge is 0.380 e. The molecule has 0 amide bonds. The molecule has 0 aromatic carbocycles. The van der Waals surface area contributed by atoms with Gasteiger partial charge in [-0.05, 0) is 52.5 Å². The van der Waals surface area contributed by atoms with Crippen molar-refractivity contribution in [2.45, 2.75) is 33.4 Å². The second-order valence-corrected chi connectivity index (χ2v) is 5.19. The van der Waals surface area contributed by atoms with E-state index in [-0.39, 0.29) is 0 Å². The molecule has 0 aliphatic heterocycles. The summed E-state index contributed by atoms with van der Waals surface area (Å²) in [5, 5.41) is 3.39. The summed E-state index contributed by atoms with van der Waals surface area (Å²) < 4.78 is 3.13. The minimum Gasteiger partial charge on any atom is -0.380 e. The Morgan fingerprint density at radius 3 is 3.00 bits per heavy atom. The molecular formula is C14H18BrN3. The molecule has 0 aliphatic carbocycles. The number of nitrogens with one attached hydrogen (secondary N) is 1. The van der Waals surface area contributed by atoms with Crippen LogP contribution >= 0.6 is 15.9 Å². The normalized spacial score (nSPS) is 10.6. The lowest BCUT2D eigenvalue weighted by molar-refractivity contribution is 0.681. The van der Waals surface area contributed by atoms with Gasteiger partial charge in [-0.1, -0.05) is 6.92 Å². The molecule has 2 aromatic heterocycles. The van der Waals surface area contributed by atoms with Gasteiger partial charge in [-0.3, -0.25) is 0 Å². The predicted octanol–water partition coefficient (Wildman–Crippen LogP) is 3.98. The zero-order valence-corrected chi connectivity index (χ0v) is 12.4. The highest BCUT2D eigenvalue weighted by molar-refractivity contribution is 9.10. The zero-order chi connectivity index (χ0) is 13.0. The molecule has 2 heterocycles. The van der Waals surface area contributed by atoms with Gasteiger partial charge in [0.05, 0.1) is 11.9 Å². The van der Waals surface area contributed by atoms with Gasteiger partial charge in [0.25, 0.3) is 0 Å². The number of halogens is 1. The fraction of sp³-hybridized carbons (Fsp3) is 0.357. The Kier molecular flexibility index (Phi) is 4.42. The SMILES string of the molecule is CCCn1ccc(CNc2cnc(Br)c(C)c2)c1. The van der Waals surface area contributed by atoms with E-state index < -0.39 is 0 Å². The van der Waals surface area contributed by atoms with Crippen molar-refractivity contribution >= 4 is 21.6 Å². The molecule has 0 saturated heterocycles. The zero-order valence-electron chi connectivity index (χ0n) is 10.8. The van der Waals surface area contributed by atoms with Crippen LogP contribution in [0.25, 0.3) is 0 Å². The number of hydrogen-bond donors (Lipinski definition) is 1. The van der Waals surface area contributed by atoms with Gasteiger partial charge >= 0.3 is 0 Å². The standard InChI is InChI=1S/C14H18BrN3/c1-3-5-18-6-4-12(10-18)8-16-13-7-11(2)14(15)17-9-13/h4,6-7,9-10,16H,3,5,8H2,1-2H3. The molecular weight excluding hydrogens is 290 g/mol. The van der Waals surface area contributed by atoms with Crippen molar-refractivity contribution in [2.75, 3.05) is 5.32 Å². The lowest BCUT2D eigenvalue weighted by Crippen LogP contribution is -2.00. The van der Waals surface area contributed by atoms with Crippen LogP contribution in [-0.2, 0) is 13.1 Å². The minimum atomic E-state index is 0.833. The van der Waals surface area contributed by atoms with Gasteiger partial charge in [0, 0.05) is 25.5 Å². The molecule has 0 unspecified atom stereocenters. The van der Waals surface area contributed by atoms with Gasteiger partial charge < -0.3 is 9.88 Å². The van der Waals surface area contributed by atoms with E-state index >= 15 is 0 Å². The van der Waals surface area contributed by atoms with E-state index in [0.29, 0.717) is 0 Å². The third-order valence-corrected chi connectivity index (χ3v) is 3.63. The predicted molar refractivity (Wildman–Crippen MR) is 78.7 cm³/mol.